The molecule has 3 heterocycles. The Morgan fingerprint density at radius 3 is 2.63 bits per heavy atom. The molecule has 0 bridgehead atoms. The highest BCUT2D eigenvalue weighted by molar-refractivity contribution is 8.01. The average molecular weight is 530 g/mol. The summed E-state index contributed by atoms with van der Waals surface area (Å²) in [5.41, 5.74) is -0.658. The van der Waals surface area contributed by atoms with Crippen LogP contribution in [0.1, 0.15) is 38.4 Å². The quantitative estimate of drug-likeness (QED) is 0.415. The first-order valence-corrected chi connectivity index (χ1v) is 13.0. The Bertz CT molecular complexity index is 1240. The predicted molar refractivity (Wildman–Crippen MR) is 138 cm³/mol. The van der Waals surface area contributed by atoms with Crippen LogP contribution in [0.3, 0.4) is 0 Å². The number of carbonyl (C=O) groups is 3. The largest absolute Gasteiger partial charge is 0.444 e. The zero-order valence-corrected chi connectivity index (χ0v) is 21.7. The van der Waals surface area contributed by atoms with Crippen molar-refractivity contribution in [2.75, 3.05) is 5.32 Å². The number of nitrogens with zero attached hydrogens (tertiary/aromatic N) is 1. The highest BCUT2D eigenvalue weighted by Crippen LogP contribution is 2.41. The van der Waals surface area contributed by atoms with E-state index in [1.165, 1.54) is 11.3 Å². The number of anilines is 1. The molecule has 1 aliphatic heterocycles. The third kappa shape index (κ3) is 5.69. The summed E-state index contributed by atoms with van der Waals surface area (Å²) >= 11 is 8.84. The molecular formula is C25H24ClN3O4S2. The van der Waals surface area contributed by atoms with Gasteiger partial charge in [0.2, 0.25) is 5.91 Å². The Hall–Kier alpha value is -2.88. The standard InChI is InChI=1S/C25H24ClN3O4S2/c1-24(2,3)33-23(32)28-20-10-6-9-19(27-20)25(15-11-12-34-14-15)13-17(30)21(22(31)29-25)35-18-8-5-4-7-16(18)26/h4-12,14,21H,13H2,1-3H3,(H,29,31)(H,27,28,32). The number of benzene rings is 1. The van der Waals surface area contributed by atoms with E-state index in [-0.39, 0.29) is 18.0 Å². The summed E-state index contributed by atoms with van der Waals surface area (Å²) in [6, 6.07) is 14.0. The fourth-order valence-corrected chi connectivity index (χ4v) is 5.71. The lowest BCUT2D eigenvalue weighted by Crippen LogP contribution is -2.58. The summed E-state index contributed by atoms with van der Waals surface area (Å²) < 4.78 is 5.31. The van der Waals surface area contributed by atoms with E-state index in [0.29, 0.717) is 15.6 Å². The molecule has 2 amide bonds. The number of nitrogens with one attached hydrogen (secondary N) is 2. The monoisotopic (exact) mass is 529 g/mol. The molecule has 2 N–H and O–H groups in total. The maximum Gasteiger partial charge on any atom is 0.413 e. The summed E-state index contributed by atoms with van der Waals surface area (Å²) in [5, 5.41) is 8.99. The molecule has 35 heavy (non-hydrogen) atoms. The summed E-state index contributed by atoms with van der Waals surface area (Å²) in [6.07, 6.45) is -0.646. The van der Waals surface area contributed by atoms with Gasteiger partial charge in [0.05, 0.1) is 10.7 Å². The number of hydrogen-bond acceptors (Lipinski definition) is 7. The van der Waals surface area contributed by atoms with Crippen LogP contribution in [-0.4, -0.2) is 33.6 Å². The Balaban J connectivity index is 1.65. The van der Waals surface area contributed by atoms with E-state index < -0.39 is 28.4 Å². The Labute approximate surface area is 216 Å². The van der Waals surface area contributed by atoms with Crippen molar-refractivity contribution in [1.82, 2.24) is 10.3 Å². The number of thioether (sulfide) groups is 1. The number of carbonyl (C=O) groups excluding carboxylic acids is 3. The van der Waals surface area contributed by atoms with Crippen molar-refractivity contribution in [2.45, 2.75) is 48.5 Å². The highest BCUT2D eigenvalue weighted by atomic mass is 35.5. The smallest absolute Gasteiger partial charge is 0.413 e. The number of ether oxygens (including phenoxy) is 1. The molecule has 1 fully saturated rings. The fraction of sp³-hybridized carbons (Fsp3) is 0.280. The van der Waals surface area contributed by atoms with Crippen molar-refractivity contribution < 1.29 is 19.1 Å². The fourth-order valence-electron chi connectivity index (χ4n) is 3.74. The second-order valence-corrected chi connectivity index (χ2v) is 11.3. The number of Topliss-reactive ketones (excluding diaryl/α,β-unsaturated/α-hetero) is 1. The van der Waals surface area contributed by atoms with E-state index in [9.17, 15) is 14.4 Å². The van der Waals surface area contributed by atoms with E-state index in [1.807, 2.05) is 22.9 Å². The van der Waals surface area contributed by atoms with Crippen LogP contribution in [0.15, 0.2) is 64.2 Å². The number of piperidine rings is 1. The zero-order chi connectivity index (χ0) is 25.2. The van der Waals surface area contributed by atoms with Gasteiger partial charge in [-0.2, -0.15) is 11.3 Å². The Morgan fingerprint density at radius 2 is 1.97 bits per heavy atom. The number of rotatable bonds is 5. The van der Waals surface area contributed by atoms with Crippen LogP contribution in [0.4, 0.5) is 10.6 Å². The number of halogens is 1. The topological polar surface area (TPSA) is 97.4 Å². The van der Waals surface area contributed by atoms with Crippen molar-refractivity contribution in [3.05, 3.63) is 75.6 Å². The molecule has 4 rings (SSSR count). The summed E-state index contributed by atoms with van der Waals surface area (Å²) in [6.45, 7) is 5.30. The molecule has 0 spiro atoms. The third-order valence-electron chi connectivity index (χ3n) is 5.22. The molecule has 1 aliphatic rings. The van der Waals surface area contributed by atoms with Crippen LogP contribution >= 0.6 is 34.7 Å². The second kappa shape index (κ2) is 10.0. The molecule has 3 aromatic rings. The average Bonchev–Trinajstić information content (AvgIpc) is 3.32. The van der Waals surface area contributed by atoms with Crippen molar-refractivity contribution in [2.24, 2.45) is 0 Å². The predicted octanol–water partition coefficient (Wildman–Crippen LogP) is 5.64. The number of pyridine rings is 1. The number of thiophene rings is 1. The van der Waals surface area contributed by atoms with Gasteiger partial charge in [0.1, 0.15) is 22.2 Å². The van der Waals surface area contributed by atoms with Gasteiger partial charge in [-0.3, -0.25) is 14.9 Å². The van der Waals surface area contributed by atoms with Crippen molar-refractivity contribution in [3.8, 4) is 0 Å². The molecule has 0 aliphatic carbocycles. The lowest BCUT2D eigenvalue weighted by Gasteiger charge is -2.39. The Morgan fingerprint density at radius 1 is 1.20 bits per heavy atom. The molecule has 0 saturated carbocycles. The van der Waals surface area contributed by atoms with Crippen LogP contribution in [-0.2, 0) is 19.9 Å². The SMILES string of the molecule is CC(C)(C)OC(=O)Nc1cccc(C2(c3ccsc3)CC(=O)C(Sc3ccccc3Cl)C(=O)N2)n1. The van der Waals surface area contributed by atoms with Crippen molar-refractivity contribution in [3.63, 3.8) is 0 Å². The third-order valence-corrected chi connectivity index (χ3v) is 7.66. The van der Waals surface area contributed by atoms with Gasteiger partial charge >= 0.3 is 6.09 Å². The molecular weight excluding hydrogens is 506 g/mol. The normalized spacial score (nSPS) is 20.3. The van der Waals surface area contributed by atoms with Gasteiger partial charge in [-0.1, -0.05) is 29.8 Å². The molecule has 2 atom stereocenters. The maximum absolute atomic E-state index is 13.4. The van der Waals surface area contributed by atoms with E-state index in [0.717, 1.165) is 17.3 Å². The van der Waals surface area contributed by atoms with Crippen LogP contribution in [0, 0.1) is 0 Å². The van der Waals surface area contributed by atoms with Crippen molar-refractivity contribution >= 4 is 58.3 Å². The van der Waals surface area contributed by atoms with Gasteiger partial charge in [0.25, 0.3) is 0 Å². The van der Waals surface area contributed by atoms with Crippen LogP contribution in [0.2, 0.25) is 5.02 Å². The van der Waals surface area contributed by atoms with Gasteiger partial charge < -0.3 is 10.1 Å². The van der Waals surface area contributed by atoms with Gasteiger partial charge in [-0.05, 0) is 67.4 Å². The lowest BCUT2D eigenvalue weighted by atomic mass is 9.79. The highest BCUT2D eigenvalue weighted by Gasteiger charge is 2.48. The molecule has 2 aromatic heterocycles. The second-order valence-electron chi connectivity index (χ2n) is 9.01. The molecule has 1 aromatic carbocycles. The molecule has 1 saturated heterocycles. The van der Waals surface area contributed by atoms with Crippen LogP contribution in [0.5, 0.6) is 0 Å². The number of amides is 2. The van der Waals surface area contributed by atoms with E-state index >= 15 is 0 Å². The molecule has 10 heteroatoms. The number of ketones is 1. The van der Waals surface area contributed by atoms with E-state index in [1.54, 1.807) is 57.2 Å². The number of aromatic nitrogens is 1. The van der Waals surface area contributed by atoms with Crippen molar-refractivity contribution in [1.29, 1.82) is 0 Å². The molecule has 2 unspecified atom stereocenters. The van der Waals surface area contributed by atoms with Gasteiger partial charge in [-0.25, -0.2) is 9.78 Å². The first-order chi connectivity index (χ1) is 16.6. The summed E-state index contributed by atoms with van der Waals surface area (Å²) in [5.74, 6) is -0.414. The van der Waals surface area contributed by atoms with Crippen LogP contribution in [0.25, 0.3) is 0 Å². The minimum atomic E-state index is -1.17. The Kier molecular flexibility index (Phi) is 7.21. The van der Waals surface area contributed by atoms with Crippen LogP contribution < -0.4 is 10.6 Å². The van der Waals surface area contributed by atoms with Gasteiger partial charge in [0.15, 0.2) is 5.78 Å². The first kappa shape index (κ1) is 25.2. The molecule has 0 radical (unpaired) electrons. The minimum absolute atomic E-state index is 0.000480. The minimum Gasteiger partial charge on any atom is -0.444 e. The zero-order valence-electron chi connectivity index (χ0n) is 19.3. The summed E-state index contributed by atoms with van der Waals surface area (Å²) in [7, 11) is 0. The van der Waals surface area contributed by atoms with Gasteiger partial charge in [-0.15, -0.1) is 11.8 Å². The van der Waals surface area contributed by atoms with E-state index in [4.69, 9.17) is 16.3 Å². The lowest BCUT2D eigenvalue weighted by molar-refractivity contribution is -0.133. The van der Waals surface area contributed by atoms with E-state index in [2.05, 4.69) is 15.6 Å². The maximum atomic E-state index is 13.4. The molecule has 7 nitrogen and oxygen atoms in total. The first-order valence-electron chi connectivity index (χ1n) is 10.8. The number of hydrogen-bond donors (Lipinski definition) is 2. The van der Waals surface area contributed by atoms with Gasteiger partial charge in [0, 0.05) is 11.3 Å². The molecule has 182 valence electrons. The summed E-state index contributed by atoms with van der Waals surface area (Å²) in [4.78, 5) is 44.2.